The van der Waals surface area contributed by atoms with Gasteiger partial charge in [-0.25, -0.2) is 0 Å². The fourth-order valence-electron chi connectivity index (χ4n) is 3.50. The van der Waals surface area contributed by atoms with Crippen LogP contribution in [0.3, 0.4) is 0 Å². The van der Waals surface area contributed by atoms with Crippen LogP contribution < -0.4 is 4.90 Å². The van der Waals surface area contributed by atoms with Crippen LogP contribution in [0.25, 0.3) is 0 Å². The SMILES string of the molecule is O=C([C@@H]1CC(=O)N(c2cn[nH]c2)C1)N1CCO[C@H](c2ccc(Cl)cc2)C1. The van der Waals surface area contributed by atoms with E-state index in [9.17, 15) is 9.59 Å². The van der Waals surface area contributed by atoms with Gasteiger partial charge in [-0.05, 0) is 17.7 Å². The third-order valence-electron chi connectivity index (χ3n) is 4.89. The maximum absolute atomic E-state index is 12.9. The Kier molecular flexibility index (Phi) is 4.65. The maximum atomic E-state index is 12.9. The number of hydrogen-bond donors (Lipinski definition) is 1. The monoisotopic (exact) mass is 374 g/mol. The summed E-state index contributed by atoms with van der Waals surface area (Å²) < 4.78 is 5.82. The summed E-state index contributed by atoms with van der Waals surface area (Å²) in [5.74, 6) is -0.375. The standard InChI is InChI=1S/C18H19ClN4O3/c19-14-3-1-12(2-4-14)16-11-22(5-6-26-16)18(25)13-7-17(24)23(10-13)15-8-20-21-9-15/h1-4,8-9,13,16H,5-7,10-11H2,(H,20,21)/t13-,16+/m1/s1. The average molecular weight is 375 g/mol. The zero-order chi connectivity index (χ0) is 18.1. The first kappa shape index (κ1) is 17.1. The smallest absolute Gasteiger partial charge is 0.228 e. The fraction of sp³-hybridized carbons (Fsp3) is 0.389. The molecule has 2 atom stereocenters. The second-order valence-electron chi connectivity index (χ2n) is 6.56. The Morgan fingerprint density at radius 3 is 2.81 bits per heavy atom. The highest BCUT2D eigenvalue weighted by Gasteiger charge is 2.38. The minimum absolute atomic E-state index is 0.00612. The third-order valence-corrected chi connectivity index (χ3v) is 5.14. The van der Waals surface area contributed by atoms with Crippen molar-refractivity contribution in [2.75, 3.05) is 31.1 Å². The van der Waals surface area contributed by atoms with E-state index in [0.29, 0.717) is 37.0 Å². The molecule has 2 aromatic rings. The summed E-state index contributed by atoms with van der Waals surface area (Å²) in [6.07, 6.45) is 3.31. The molecule has 1 aromatic carbocycles. The Hall–Kier alpha value is -2.38. The number of amides is 2. The number of aromatic amines is 1. The molecule has 0 unspecified atom stereocenters. The van der Waals surface area contributed by atoms with Crippen LogP contribution in [-0.4, -0.2) is 53.2 Å². The second kappa shape index (κ2) is 7.09. The van der Waals surface area contributed by atoms with Crippen LogP contribution in [-0.2, 0) is 14.3 Å². The summed E-state index contributed by atoms with van der Waals surface area (Å²) >= 11 is 5.94. The molecule has 2 saturated heterocycles. The highest BCUT2D eigenvalue weighted by atomic mass is 35.5. The average Bonchev–Trinajstić information content (AvgIpc) is 3.31. The summed E-state index contributed by atoms with van der Waals surface area (Å²) in [6, 6.07) is 7.47. The molecule has 1 aromatic heterocycles. The van der Waals surface area contributed by atoms with Gasteiger partial charge in [0.15, 0.2) is 0 Å². The van der Waals surface area contributed by atoms with E-state index in [2.05, 4.69) is 10.2 Å². The van der Waals surface area contributed by atoms with Crippen molar-refractivity contribution in [3.63, 3.8) is 0 Å². The van der Waals surface area contributed by atoms with E-state index in [0.717, 1.165) is 5.56 Å². The zero-order valence-electron chi connectivity index (χ0n) is 14.1. The number of nitrogens with one attached hydrogen (secondary N) is 1. The number of aromatic nitrogens is 2. The highest BCUT2D eigenvalue weighted by Crippen LogP contribution is 2.28. The summed E-state index contributed by atoms with van der Waals surface area (Å²) in [4.78, 5) is 28.6. The number of benzene rings is 1. The van der Waals surface area contributed by atoms with Crippen molar-refractivity contribution in [1.82, 2.24) is 15.1 Å². The van der Waals surface area contributed by atoms with E-state index in [1.165, 1.54) is 0 Å². The molecule has 0 spiro atoms. The van der Waals surface area contributed by atoms with Gasteiger partial charge in [-0.3, -0.25) is 14.7 Å². The predicted octanol–water partition coefficient (Wildman–Crippen LogP) is 2.02. The summed E-state index contributed by atoms with van der Waals surface area (Å²) in [5.41, 5.74) is 1.70. The van der Waals surface area contributed by atoms with Crippen LogP contribution >= 0.6 is 11.6 Å². The second-order valence-corrected chi connectivity index (χ2v) is 6.99. The molecule has 26 heavy (non-hydrogen) atoms. The molecule has 2 fully saturated rings. The molecular formula is C18H19ClN4O3. The van der Waals surface area contributed by atoms with Gasteiger partial charge < -0.3 is 14.5 Å². The number of nitrogens with zero attached hydrogens (tertiary/aromatic N) is 3. The van der Waals surface area contributed by atoms with Crippen LogP contribution in [0, 0.1) is 5.92 Å². The lowest BCUT2D eigenvalue weighted by atomic mass is 10.0. The van der Waals surface area contributed by atoms with Crippen LogP contribution in [0.15, 0.2) is 36.7 Å². The van der Waals surface area contributed by atoms with Crippen molar-refractivity contribution in [2.45, 2.75) is 12.5 Å². The van der Waals surface area contributed by atoms with E-state index >= 15 is 0 Å². The fourth-order valence-corrected chi connectivity index (χ4v) is 3.63. The lowest BCUT2D eigenvalue weighted by molar-refractivity contribution is -0.143. The van der Waals surface area contributed by atoms with Crippen LogP contribution in [0.2, 0.25) is 5.02 Å². The Balaban J connectivity index is 1.43. The first-order valence-electron chi connectivity index (χ1n) is 8.57. The molecule has 7 nitrogen and oxygen atoms in total. The normalized spacial score (nSPS) is 23.5. The number of carbonyl (C=O) groups excluding carboxylic acids is 2. The van der Waals surface area contributed by atoms with Gasteiger partial charge in [-0.2, -0.15) is 5.10 Å². The van der Waals surface area contributed by atoms with E-state index in [4.69, 9.17) is 16.3 Å². The first-order valence-corrected chi connectivity index (χ1v) is 8.94. The minimum atomic E-state index is -0.332. The van der Waals surface area contributed by atoms with E-state index < -0.39 is 0 Å². The maximum Gasteiger partial charge on any atom is 0.228 e. The lowest BCUT2D eigenvalue weighted by Crippen LogP contribution is -2.45. The third kappa shape index (κ3) is 3.32. The molecular weight excluding hydrogens is 356 g/mol. The van der Waals surface area contributed by atoms with Gasteiger partial charge in [0.05, 0.1) is 31.0 Å². The Labute approximate surface area is 155 Å². The van der Waals surface area contributed by atoms with E-state index in [1.807, 2.05) is 24.3 Å². The molecule has 0 aliphatic carbocycles. The highest BCUT2D eigenvalue weighted by molar-refractivity contribution is 6.30. The Bertz CT molecular complexity index is 793. The van der Waals surface area contributed by atoms with Crippen LogP contribution in [0.1, 0.15) is 18.1 Å². The van der Waals surface area contributed by atoms with Gasteiger partial charge in [-0.15, -0.1) is 0 Å². The number of halogens is 1. The van der Waals surface area contributed by atoms with Gasteiger partial charge in [0.25, 0.3) is 0 Å². The van der Waals surface area contributed by atoms with Gasteiger partial charge in [0, 0.05) is 30.7 Å². The molecule has 8 heteroatoms. The molecule has 2 amide bonds. The quantitative estimate of drug-likeness (QED) is 0.891. The van der Waals surface area contributed by atoms with E-state index in [1.54, 1.807) is 22.2 Å². The minimum Gasteiger partial charge on any atom is -0.370 e. The van der Waals surface area contributed by atoms with Crippen molar-refractivity contribution in [1.29, 1.82) is 0 Å². The number of hydrogen-bond acceptors (Lipinski definition) is 4. The Morgan fingerprint density at radius 1 is 1.27 bits per heavy atom. The van der Waals surface area contributed by atoms with Crippen molar-refractivity contribution in [3.05, 3.63) is 47.2 Å². The molecule has 0 radical (unpaired) electrons. The summed E-state index contributed by atoms with van der Waals surface area (Å²) in [7, 11) is 0. The summed E-state index contributed by atoms with van der Waals surface area (Å²) in [6.45, 7) is 1.89. The number of carbonyl (C=O) groups is 2. The molecule has 4 rings (SSSR count). The van der Waals surface area contributed by atoms with Crippen LogP contribution in [0.4, 0.5) is 5.69 Å². The van der Waals surface area contributed by atoms with Crippen molar-refractivity contribution >= 4 is 29.1 Å². The summed E-state index contributed by atoms with van der Waals surface area (Å²) in [5, 5.41) is 7.24. The van der Waals surface area contributed by atoms with E-state index in [-0.39, 0.29) is 30.3 Å². The molecule has 2 aliphatic rings. The van der Waals surface area contributed by atoms with Gasteiger partial charge in [0.2, 0.25) is 11.8 Å². The molecule has 2 aliphatic heterocycles. The molecule has 0 bridgehead atoms. The first-order chi connectivity index (χ1) is 12.6. The number of ether oxygens (including phenoxy) is 1. The van der Waals surface area contributed by atoms with Crippen molar-refractivity contribution in [2.24, 2.45) is 5.92 Å². The van der Waals surface area contributed by atoms with Crippen molar-refractivity contribution < 1.29 is 14.3 Å². The van der Waals surface area contributed by atoms with Gasteiger partial charge in [-0.1, -0.05) is 23.7 Å². The predicted molar refractivity (Wildman–Crippen MR) is 95.8 cm³/mol. The number of rotatable bonds is 3. The molecule has 0 saturated carbocycles. The molecule has 136 valence electrons. The Morgan fingerprint density at radius 2 is 2.08 bits per heavy atom. The van der Waals surface area contributed by atoms with Gasteiger partial charge >= 0.3 is 0 Å². The number of morpholine rings is 1. The van der Waals surface area contributed by atoms with Gasteiger partial charge in [0.1, 0.15) is 6.10 Å². The molecule has 1 N–H and O–H groups in total. The van der Waals surface area contributed by atoms with Crippen LogP contribution in [0.5, 0.6) is 0 Å². The topological polar surface area (TPSA) is 78.5 Å². The lowest BCUT2D eigenvalue weighted by Gasteiger charge is -2.34. The molecule has 3 heterocycles. The number of H-pyrrole nitrogens is 1. The largest absolute Gasteiger partial charge is 0.370 e. The zero-order valence-corrected chi connectivity index (χ0v) is 14.9. The van der Waals surface area contributed by atoms with Crippen molar-refractivity contribution in [3.8, 4) is 0 Å². The number of anilines is 1.